The summed E-state index contributed by atoms with van der Waals surface area (Å²) in [6.45, 7) is 1.86. The number of carbonyl (C=O) groups is 1. The molecule has 78 valence electrons. The van der Waals surface area contributed by atoms with Gasteiger partial charge in [0.15, 0.2) is 0 Å². The van der Waals surface area contributed by atoms with Gasteiger partial charge in [-0.25, -0.2) is 0 Å². The molecular weight excluding hydrogens is 190 g/mol. The molecule has 0 fully saturated rings. The summed E-state index contributed by atoms with van der Waals surface area (Å²) in [5, 5.41) is 2.70. The molecule has 0 aliphatic carbocycles. The van der Waals surface area contributed by atoms with Gasteiger partial charge in [-0.05, 0) is 18.6 Å². The van der Waals surface area contributed by atoms with Crippen molar-refractivity contribution in [2.24, 2.45) is 5.73 Å². The summed E-state index contributed by atoms with van der Waals surface area (Å²) < 4.78 is 0. The largest absolute Gasteiger partial charge is 0.324 e. The molecule has 0 aromatic carbocycles. The molecule has 0 saturated carbocycles. The molecule has 0 spiro atoms. The van der Waals surface area contributed by atoms with Crippen molar-refractivity contribution in [3.05, 3.63) is 24.0 Å². The van der Waals surface area contributed by atoms with E-state index in [0.29, 0.717) is 5.69 Å². The maximum atomic E-state index is 11.5. The number of hydrogen-bond acceptors (Lipinski definition) is 3. The van der Waals surface area contributed by atoms with Crippen LogP contribution in [-0.4, -0.2) is 16.9 Å². The Labute approximate surface area is 88.9 Å². The normalized spacial score (nSPS) is 11.5. The molecule has 3 N–H and O–H groups in total. The molecule has 1 atom stereocenters. The molecule has 1 aromatic rings. The van der Waals surface area contributed by atoms with E-state index in [1.54, 1.807) is 18.5 Å². The third-order valence-corrected chi connectivity index (χ3v) is 1.95. The Bertz CT molecular complexity index is 395. The van der Waals surface area contributed by atoms with Crippen LogP contribution in [0.2, 0.25) is 0 Å². The first-order valence-corrected chi connectivity index (χ1v) is 4.55. The predicted octanol–water partition coefficient (Wildman–Crippen LogP) is 0.679. The Morgan fingerprint density at radius 2 is 2.53 bits per heavy atom. The molecule has 0 saturated heterocycles. The van der Waals surface area contributed by atoms with Gasteiger partial charge in [0.05, 0.1) is 6.04 Å². The molecule has 4 nitrogen and oxygen atoms in total. The molecule has 1 unspecified atom stereocenters. The smallest absolute Gasteiger partial charge is 0.242 e. The van der Waals surface area contributed by atoms with Crippen LogP contribution < -0.4 is 11.1 Å². The standard InChI is InChI=1S/C11H13N3O/c1-3-4-9(12)11(15)14-10-5-6-13-7-8(10)2/h1,5-7,9H,4,12H2,2H3,(H,13,14,15). The highest BCUT2D eigenvalue weighted by Crippen LogP contribution is 2.11. The second-order valence-electron chi connectivity index (χ2n) is 3.19. The molecule has 0 bridgehead atoms. The van der Waals surface area contributed by atoms with Crippen LogP contribution in [0.15, 0.2) is 18.5 Å². The van der Waals surface area contributed by atoms with Crippen molar-refractivity contribution in [1.82, 2.24) is 4.98 Å². The van der Waals surface area contributed by atoms with E-state index < -0.39 is 6.04 Å². The van der Waals surface area contributed by atoms with Crippen LogP contribution in [0.3, 0.4) is 0 Å². The van der Waals surface area contributed by atoms with Gasteiger partial charge < -0.3 is 11.1 Å². The lowest BCUT2D eigenvalue weighted by atomic mass is 10.2. The lowest BCUT2D eigenvalue weighted by Gasteiger charge is -2.10. The molecule has 1 aromatic heterocycles. The Morgan fingerprint density at radius 1 is 1.80 bits per heavy atom. The zero-order chi connectivity index (χ0) is 11.3. The number of anilines is 1. The van der Waals surface area contributed by atoms with Gasteiger partial charge in [-0.2, -0.15) is 0 Å². The third kappa shape index (κ3) is 3.08. The molecular formula is C11H13N3O. The van der Waals surface area contributed by atoms with E-state index >= 15 is 0 Å². The van der Waals surface area contributed by atoms with Crippen molar-refractivity contribution >= 4 is 11.6 Å². The maximum Gasteiger partial charge on any atom is 0.242 e. The van der Waals surface area contributed by atoms with Crippen molar-refractivity contribution in [3.8, 4) is 12.3 Å². The number of carbonyl (C=O) groups excluding carboxylic acids is 1. The molecule has 1 rings (SSSR count). The first-order chi connectivity index (χ1) is 7.15. The van der Waals surface area contributed by atoms with Crippen molar-refractivity contribution in [1.29, 1.82) is 0 Å². The highest BCUT2D eigenvalue weighted by atomic mass is 16.2. The van der Waals surface area contributed by atoms with Gasteiger partial charge in [-0.3, -0.25) is 9.78 Å². The fourth-order valence-electron chi connectivity index (χ4n) is 1.06. The number of nitrogens with two attached hydrogens (primary N) is 1. The third-order valence-electron chi connectivity index (χ3n) is 1.95. The van der Waals surface area contributed by atoms with E-state index in [1.807, 2.05) is 6.92 Å². The number of nitrogens with one attached hydrogen (secondary N) is 1. The SMILES string of the molecule is C#CCC(N)C(=O)Nc1ccncc1C. The van der Waals surface area contributed by atoms with Gasteiger partial charge in [0.1, 0.15) is 0 Å². The van der Waals surface area contributed by atoms with Crippen LogP contribution >= 0.6 is 0 Å². The molecule has 1 amide bonds. The minimum absolute atomic E-state index is 0.232. The number of pyridine rings is 1. The molecule has 0 aliphatic heterocycles. The van der Waals surface area contributed by atoms with Gasteiger partial charge >= 0.3 is 0 Å². The summed E-state index contributed by atoms with van der Waals surface area (Å²) in [4.78, 5) is 15.4. The van der Waals surface area contributed by atoms with Gasteiger partial charge in [0.25, 0.3) is 0 Å². The summed E-state index contributed by atoms with van der Waals surface area (Å²) in [7, 11) is 0. The second-order valence-corrected chi connectivity index (χ2v) is 3.19. The van der Waals surface area contributed by atoms with Gasteiger partial charge in [0, 0.05) is 24.5 Å². The lowest BCUT2D eigenvalue weighted by molar-refractivity contribution is -0.117. The summed E-state index contributed by atoms with van der Waals surface area (Å²) in [6.07, 6.45) is 8.58. The highest BCUT2D eigenvalue weighted by molar-refractivity contribution is 5.95. The summed E-state index contributed by atoms with van der Waals surface area (Å²) in [5.74, 6) is 2.07. The number of nitrogens with zero attached hydrogens (tertiary/aromatic N) is 1. The number of rotatable bonds is 3. The summed E-state index contributed by atoms with van der Waals surface area (Å²) in [5.41, 5.74) is 7.15. The van der Waals surface area contributed by atoms with Gasteiger partial charge in [0.2, 0.25) is 5.91 Å². The minimum atomic E-state index is -0.664. The Hall–Kier alpha value is -1.86. The van der Waals surface area contributed by atoms with Crippen molar-refractivity contribution in [2.45, 2.75) is 19.4 Å². The van der Waals surface area contributed by atoms with Crippen LogP contribution in [0.1, 0.15) is 12.0 Å². The highest BCUT2D eigenvalue weighted by Gasteiger charge is 2.12. The zero-order valence-electron chi connectivity index (χ0n) is 8.53. The average molecular weight is 203 g/mol. The fourth-order valence-corrected chi connectivity index (χ4v) is 1.06. The van der Waals surface area contributed by atoms with Gasteiger partial charge in [-0.1, -0.05) is 0 Å². The van der Waals surface area contributed by atoms with E-state index in [-0.39, 0.29) is 12.3 Å². The summed E-state index contributed by atoms with van der Waals surface area (Å²) in [6, 6.07) is 1.05. The van der Waals surface area contributed by atoms with Crippen LogP contribution in [-0.2, 0) is 4.79 Å². The Morgan fingerprint density at radius 3 is 3.13 bits per heavy atom. The quantitative estimate of drug-likeness (QED) is 0.710. The number of aryl methyl sites for hydroxylation is 1. The van der Waals surface area contributed by atoms with Crippen LogP contribution in [0.25, 0.3) is 0 Å². The van der Waals surface area contributed by atoms with E-state index in [0.717, 1.165) is 5.56 Å². The predicted molar refractivity (Wildman–Crippen MR) is 59.0 cm³/mol. The maximum absolute atomic E-state index is 11.5. The topological polar surface area (TPSA) is 68.0 Å². The number of terminal acetylenes is 1. The minimum Gasteiger partial charge on any atom is -0.324 e. The Balaban J connectivity index is 2.67. The fraction of sp³-hybridized carbons (Fsp3) is 0.273. The summed E-state index contributed by atoms with van der Waals surface area (Å²) >= 11 is 0. The molecule has 1 heterocycles. The molecule has 15 heavy (non-hydrogen) atoms. The first-order valence-electron chi connectivity index (χ1n) is 4.55. The number of hydrogen-bond donors (Lipinski definition) is 2. The molecule has 0 radical (unpaired) electrons. The van der Waals surface area contributed by atoms with Gasteiger partial charge in [-0.15, -0.1) is 12.3 Å². The zero-order valence-corrected chi connectivity index (χ0v) is 8.53. The van der Waals surface area contributed by atoms with E-state index in [2.05, 4.69) is 16.2 Å². The van der Waals surface area contributed by atoms with E-state index in [9.17, 15) is 4.79 Å². The van der Waals surface area contributed by atoms with Crippen molar-refractivity contribution < 1.29 is 4.79 Å². The lowest BCUT2D eigenvalue weighted by Crippen LogP contribution is -2.35. The van der Waals surface area contributed by atoms with Crippen molar-refractivity contribution in [3.63, 3.8) is 0 Å². The number of amides is 1. The van der Waals surface area contributed by atoms with Crippen molar-refractivity contribution in [2.75, 3.05) is 5.32 Å². The number of aromatic nitrogens is 1. The van der Waals surface area contributed by atoms with Crippen LogP contribution in [0.4, 0.5) is 5.69 Å². The average Bonchev–Trinajstić information content (AvgIpc) is 2.21. The first kappa shape index (κ1) is 11.2. The molecule has 0 aliphatic rings. The van der Waals surface area contributed by atoms with E-state index in [1.165, 1.54) is 0 Å². The van der Waals surface area contributed by atoms with Crippen LogP contribution in [0.5, 0.6) is 0 Å². The second kappa shape index (κ2) is 5.13. The van der Waals surface area contributed by atoms with Crippen LogP contribution in [0, 0.1) is 19.3 Å². The molecule has 4 heteroatoms. The Kier molecular flexibility index (Phi) is 3.83. The monoisotopic (exact) mass is 203 g/mol. The van der Waals surface area contributed by atoms with E-state index in [4.69, 9.17) is 12.2 Å².